The molecule has 504 valence electrons. The van der Waals surface area contributed by atoms with E-state index in [1.165, 1.54) is 28.4 Å². The first-order valence-electron chi connectivity index (χ1n) is 30.5. The minimum Gasteiger partial charge on any atom is -0.460 e. The van der Waals surface area contributed by atoms with E-state index in [4.69, 9.17) is 71.1 Å². The molecule has 0 spiro atoms. The molecule has 5 amide bonds. The minimum atomic E-state index is -0.899. The highest BCUT2D eigenvalue weighted by Gasteiger charge is 2.39. The van der Waals surface area contributed by atoms with Gasteiger partial charge in [0.05, 0.1) is 201 Å². The number of hydrogen-bond acceptors (Lipinski definition) is 23. The molecule has 0 aromatic heterocycles. The fourth-order valence-electron chi connectivity index (χ4n) is 7.51. The van der Waals surface area contributed by atoms with Gasteiger partial charge in [-0.15, -0.1) is 0 Å². The van der Waals surface area contributed by atoms with E-state index in [2.05, 4.69) is 16.0 Å². The zero-order valence-corrected chi connectivity index (χ0v) is 54.3. The third-order valence-electron chi connectivity index (χ3n) is 11.9. The van der Waals surface area contributed by atoms with Gasteiger partial charge >= 0.3 is 5.97 Å². The van der Waals surface area contributed by atoms with Gasteiger partial charge in [-0.05, 0) is 64.3 Å². The third-order valence-corrected chi connectivity index (χ3v) is 14.2. The van der Waals surface area contributed by atoms with E-state index in [0.29, 0.717) is 175 Å². The second-order valence-corrected chi connectivity index (χ2v) is 22.5. The number of nitrogens with zero attached hydrogens (tertiary/aromatic N) is 1. The Balaban J connectivity index is 1.14. The Morgan fingerprint density at radius 1 is 0.438 bits per heavy atom. The summed E-state index contributed by atoms with van der Waals surface area (Å²) in [5.74, 6) is -2.28. The Morgan fingerprint density at radius 3 is 1.18 bits per heavy atom. The molecule has 27 heteroatoms. The number of thioether (sulfide) groups is 2. The molecule has 0 bridgehead atoms. The van der Waals surface area contributed by atoms with Crippen molar-refractivity contribution in [2.24, 2.45) is 0 Å². The van der Waals surface area contributed by atoms with Crippen molar-refractivity contribution < 1.29 is 99.8 Å². The van der Waals surface area contributed by atoms with Crippen molar-refractivity contribution in [2.45, 2.75) is 80.7 Å². The summed E-state index contributed by atoms with van der Waals surface area (Å²) < 4.78 is 81.9. The van der Waals surface area contributed by atoms with Crippen LogP contribution in [0, 0.1) is 0 Å². The number of unbranched alkanes of at least 4 members (excludes halogenated alkanes) is 1. The van der Waals surface area contributed by atoms with Crippen molar-refractivity contribution >= 4 is 59.0 Å². The molecule has 3 N–H and O–H groups in total. The topological polar surface area (TPSA) is 280 Å². The van der Waals surface area contributed by atoms with Gasteiger partial charge < -0.3 is 87.0 Å². The number of methoxy groups -OCH3 is 1. The molecular formula is C62H98N4O21S2. The van der Waals surface area contributed by atoms with Crippen molar-refractivity contribution in [1.82, 2.24) is 20.9 Å². The highest BCUT2D eigenvalue weighted by atomic mass is 32.2. The second-order valence-electron chi connectivity index (χ2n) is 20.3. The maximum Gasteiger partial charge on any atom is 0.308 e. The van der Waals surface area contributed by atoms with Crippen LogP contribution in [-0.4, -0.2) is 257 Å². The largest absolute Gasteiger partial charge is 0.460 e. The molecule has 1 heterocycles. The number of amides is 5. The lowest BCUT2D eigenvalue weighted by molar-refractivity contribution is -0.154. The fraction of sp³-hybridized carbons (Fsp3) is 0.677. The van der Waals surface area contributed by atoms with Crippen LogP contribution in [0.1, 0.15) is 59.3 Å². The lowest BCUT2D eigenvalue weighted by Crippen LogP contribution is -2.47. The number of nitrogens with one attached hydrogen (secondary N) is 3. The van der Waals surface area contributed by atoms with Gasteiger partial charge in [0.2, 0.25) is 17.7 Å². The predicted molar refractivity (Wildman–Crippen MR) is 332 cm³/mol. The smallest absolute Gasteiger partial charge is 0.308 e. The number of benzene rings is 2. The molecular weight excluding hydrogens is 1200 g/mol. The summed E-state index contributed by atoms with van der Waals surface area (Å²) >= 11 is 2.52. The maximum absolute atomic E-state index is 13.5. The van der Waals surface area contributed by atoms with Crippen LogP contribution in [0.25, 0.3) is 0 Å². The summed E-state index contributed by atoms with van der Waals surface area (Å²) in [5.41, 5.74) is -0.673. The van der Waals surface area contributed by atoms with E-state index >= 15 is 0 Å². The van der Waals surface area contributed by atoms with Gasteiger partial charge in [0.25, 0.3) is 11.8 Å². The lowest BCUT2D eigenvalue weighted by Gasteiger charge is -2.20. The molecule has 0 unspecified atom stereocenters. The predicted octanol–water partition coefficient (Wildman–Crippen LogP) is 4.41. The van der Waals surface area contributed by atoms with Crippen LogP contribution >= 0.6 is 23.5 Å². The van der Waals surface area contributed by atoms with E-state index in [9.17, 15) is 28.8 Å². The zero-order valence-electron chi connectivity index (χ0n) is 52.6. The molecule has 2 aromatic rings. The zero-order chi connectivity index (χ0) is 64.1. The summed E-state index contributed by atoms with van der Waals surface area (Å²) in [6.45, 7) is 16.5. The average molecular weight is 1300 g/mol. The van der Waals surface area contributed by atoms with Crippen molar-refractivity contribution in [1.29, 1.82) is 0 Å². The van der Waals surface area contributed by atoms with Crippen molar-refractivity contribution in [3.8, 4) is 0 Å². The van der Waals surface area contributed by atoms with E-state index in [1.54, 1.807) is 27.9 Å². The van der Waals surface area contributed by atoms with Gasteiger partial charge in [0.1, 0.15) is 11.6 Å². The van der Waals surface area contributed by atoms with Crippen LogP contribution in [0.2, 0.25) is 0 Å². The molecule has 0 radical (unpaired) electrons. The van der Waals surface area contributed by atoms with Gasteiger partial charge in [-0.25, -0.2) is 0 Å². The number of ether oxygens (including phenoxy) is 15. The molecule has 0 fully saturated rings. The Bertz CT molecular complexity index is 2150. The highest BCUT2D eigenvalue weighted by molar-refractivity contribution is 8.08. The quantitative estimate of drug-likeness (QED) is 0.0470. The molecule has 1 atom stereocenters. The number of imide groups is 1. The van der Waals surface area contributed by atoms with E-state index < -0.39 is 29.4 Å². The number of esters is 1. The molecule has 0 saturated carbocycles. The molecule has 2 aromatic carbocycles. The Hall–Kier alpha value is -4.66. The molecule has 1 aliphatic rings. The van der Waals surface area contributed by atoms with Crippen LogP contribution in [0.5, 0.6) is 0 Å². The van der Waals surface area contributed by atoms with Crippen LogP contribution < -0.4 is 16.0 Å². The van der Waals surface area contributed by atoms with Gasteiger partial charge in [0.15, 0.2) is 0 Å². The van der Waals surface area contributed by atoms with Crippen molar-refractivity contribution in [2.75, 3.05) is 205 Å². The monoisotopic (exact) mass is 1300 g/mol. The lowest BCUT2D eigenvalue weighted by atomic mass is 10.1. The number of hydrogen-bond donors (Lipinski definition) is 3. The molecule has 0 saturated heterocycles. The van der Waals surface area contributed by atoms with Gasteiger partial charge in [-0.2, -0.15) is 0 Å². The SMILES string of the molecule is COCCOCCOCCOCCOCCOCCOCCOCCOCCOCCOCCOCCC(=O)NCCCC[C@H](NC(=O)CCOCCOCCN1C(=O)C(Sc2ccccc2)=C(Sc2ccccc2)C1=O)C(=O)NCCC(=O)OC(C)(C)C. The average Bonchev–Trinajstić information content (AvgIpc) is 2.56. The fourth-order valence-corrected chi connectivity index (χ4v) is 9.57. The van der Waals surface area contributed by atoms with Gasteiger partial charge in [-0.3, -0.25) is 33.7 Å². The second kappa shape index (κ2) is 52.9. The van der Waals surface area contributed by atoms with Crippen LogP contribution in [0.4, 0.5) is 0 Å². The first-order chi connectivity index (χ1) is 43.4. The summed E-state index contributed by atoms with van der Waals surface area (Å²) in [7, 11) is 1.64. The van der Waals surface area contributed by atoms with Crippen LogP contribution in [0.15, 0.2) is 80.3 Å². The Kier molecular flexibility index (Phi) is 46.7. The van der Waals surface area contributed by atoms with Gasteiger partial charge in [0, 0.05) is 42.8 Å². The maximum atomic E-state index is 13.5. The molecule has 1 aliphatic heterocycles. The summed E-state index contributed by atoms with van der Waals surface area (Å²) in [4.78, 5) is 81.6. The minimum absolute atomic E-state index is 0.0231. The summed E-state index contributed by atoms with van der Waals surface area (Å²) in [6, 6.07) is 17.9. The first-order valence-corrected chi connectivity index (χ1v) is 32.1. The standard InChI is InChI=1S/C62H98N4O21S2/c1-62(2,3)87-56(69)18-22-64-59(70)53(65-55(68)20-25-75-29-31-76-26-23-66-60(71)57(88-51-13-7-5-8-14-51)58(61(66)72)89-52-15-9-6-10-16-52)17-11-12-21-63-54(67)19-24-74-30-32-78-35-36-80-39-40-82-43-44-84-47-48-86-50-49-85-46-45-83-42-41-81-38-37-79-34-33-77-28-27-73-4/h5-10,13-16,53H,11-12,17-50H2,1-4H3,(H,63,67)(H,64,70)(H,65,68)/t53-/m0/s1. The molecule has 0 aliphatic carbocycles. The third kappa shape index (κ3) is 42.2. The summed E-state index contributed by atoms with van der Waals surface area (Å²) in [6.07, 6.45) is 1.40. The summed E-state index contributed by atoms with van der Waals surface area (Å²) in [5, 5.41) is 8.34. The Labute approximate surface area is 533 Å². The van der Waals surface area contributed by atoms with Gasteiger partial charge in [-0.1, -0.05) is 59.9 Å². The number of carbonyl (C=O) groups excluding carboxylic acids is 6. The van der Waals surface area contributed by atoms with E-state index in [-0.39, 0.29) is 89.5 Å². The number of rotatable bonds is 59. The molecule has 3 rings (SSSR count). The van der Waals surface area contributed by atoms with Crippen molar-refractivity contribution in [3.63, 3.8) is 0 Å². The van der Waals surface area contributed by atoms with Crippen LogP contribution in [0.3, 0.4) is 0 Å². The molecule has 25 nitrogen and oxygen atoms in total. The number of carbonyl (C=O) groups is 6. The molecule has 89 heavy (non-hydrogen) atoms. The first kappa shape index (κ1) is 78.6. The van der Waals surface area contributed by atoms with E-state index in [0.717, 1.165) is 9.79 Å². The normalized spacial score (nSPS) is 12.9. The van der Waals surface area contributed by atoms with E-state index in [1.807, 2.05) is 60.7 Å². The Morgan fingerprint density at radius 2 is 0.798 bits per heavy atom. The van der Waals surface area contributed by atoms with Crippen LogP contribution in [-0.2, 0) is 99.8 Å². The highest BCUT2D eigenvalue weighted by Crippen LogP contribution is 2.42. The van der Waals surface area contributed by atoms with Crippen molar-refractivity contribution in [3.05, 3.63) is 70.5 Å².